The largest absolute Gasteiger partial charge is 0.486 e. The lowest BCUT2D eigenvalue weighted by Gasteiger charge is -2.30. The molecule has 2 aromatic rings. The molecule has 3 rings (SSSR count). The number of benzene rings is 1. The number of nitrogens with zero attached hydrogens (tertiary/aromatic N) is 2. The Kier molecular flexibility index (Phi) is 5.11. The molecule has 1 N–H and O–H groups in total. The molecule has 0 spiro atoms. The summed E-state index contributed by atoms with van der Waals surface area (Å²) >= 11 is 0. The topological polar surface area (TPSA) is 76.8 Å². The second kappa shape index (κ2) is 7.46. The van der Waals surface area contributed by atoms with Crippen LogP contribution in [0.25, 0.3) is 0 Å². The third-order valence-corrected chi connectivity index (χ3v) is 4.26. The van der Waals surface area contributed by atoms with E-state index in [1.54, 1.807) is 4.90 Å². The van der Waals surface area contributed by atoms with E-state index in [2.05, 4.69) is 10.5 Å². The summed E-state index contributed by atoms with van der Waals surface area (Å²) in [5, 5.41) is 6.81. The lowest BCUT2D eigenvalue weighted by Crippen LogP contribution is -2.47. The monoisotopic (exact) mass is 345 g/mol. The van der Waals surface area contributed by atoms with Crippen LogP contribution >= 0.6 is 0 Å². The van der Waals surface area contributed by atoms with Crippen molar-refractivity contribution in [3.05, 3.63) is 41.3 Å². The minimum atomic E-state index is -0.195. The SMILES string of the molecule is CCN(CC1COc2ccccc2O1)C(=O)NCc1c(C)noc1C. The van der Waals surface area contributed by atoms with Gasteiger partial charge in [-0.25, -0.2) is 4.79 Å². The van der Waals surface area contributed by atoms with E-state index in [0.29, 0.717) is 32.0 Å². The van der Waals surface area contributed by atoms with Gasteiger partial charge in [0, 0.05) is 18.7 Å². The predicted octanol–water partition coefficient (Wildman–Crippen LogP) is 2.66. The molecule has 2 heterocycles. The first-order valence-corrected chi connectivity index (χ1v) is 8.41. The van der Waals surface area contributed by atoms with E-state index in [-0.39, 0.29) is 12.1 Å². The molecular formula is C18H23N3O4. The number of carbonyl (C=O) groups excluding carboxylic acids is 1. The van der Waals surface area contributed by atoms with Crippen molar-refractivity contribution >= 4 is 6.03 Å². The highest BCUT2D eigenvalue weighted by molar-refractivity contribution is 5.74. The number of hydrogen-bond acceptors (Lipinski definition) is 5. The van der Waals surface area contributed by atoms with Crippen LogP contribution < -0.4 is 14.8 Å². The highest BCUT2D eigenvalue weighted by Crippen LogP contribution is 2.31. The summed E-state index contributed by atoms with van der Waals surface area (Å²) in [5.74, 6) is 2.18. The van der Waals surface area contributed by atoms with Crippen molar-refractivity contribution in [1.29, 1.82) is 0 Å². The number of aromatic nitrogens is 1. The van der Waals surface area contributed by atoms with E-state index in [1.165, 1.54) is 0 Å². The molecule has 25 heavy (non-hydrogen) atoms. The van der Waals surface area contributed by atoms with E-state index >= 15 is 0 Å². The molecule has 2 amide bonds. The first kappa shape index (κ1) is 17.1. The number of hydrogen-bond donors (Lipinski definition) is 1. The summed E-state index contributed by atoms with van der Waals surface area (Å²) in [4.78, 5) is 14.2. The highest BCUT2D eigenvalue weighted by Gasteiger charge is 2.25. The number of urea groups is 1. The Hall–Kier alpha value is -2.70. The maximum Gasteiger partial charge on any atom is 0.317 e. The van der Waals surface area contributed by atoms with Crippen molar-refractivity contribution in [2.75, 3.05) is 19.7 Å². The Balaban J connectivity index is 1.56. The smallest absolute Gasteiger partial charge is 0.317 e. The zero-order valence-electron chi connectivity index (χ0n) is 14.7. The van der Waals surface area contributed by atoms with Crippen molar-refractivity contribution in [3.63, 3.8) is 0 Å². The number of aryl methyl sites for hydroxylation is 2. The number of ether oxygens (including phenoxy) is 2. The molecule has 1 aromatic heterocycles. The summed E-state index contributed by atoms with van der Waals surface area (Å²) in [6.07, 6.45) is -0.195. The quantitative estimate of drug-likeness (QED) is 0.901. The summed E-state index contributed by atoms with van der Waals surface area (Å²) in [5.41, 5.74) is 1.71. The number of amides is 2. The predicted molar refractivity (Wildman–Crippen MR) is 91.8 cm³/mol. The number of rotatable bonds is 5. The van der Waals surface area contributed by atoms with E-state index < -0.39 is 0 Å². The molecule has 1 unspecified atom stereocenters. The first-order valence-electron chi connectivity index (χ1n) is 8.41. The van der Waals surface area contributed by atoms with Crippen LogP contribution in [-0.2, 0) is 6.54 Å². The lowest BCUT2D eigenvalue weighted by atomic mass is 10.2. The Morgan fingerprint density at radius 1 is 1.32 bits per heavy atom. The molecule has 0 saturated heterocycles. The Morgan fingerprint density at radius 2 is 2.08 bits per heavy atom. The van der Waals surface area contributed by atoms with E-state index in [1.807, 2.05) is 45.0 Å². The van der Waals surface area contributed by atoms with Crippen LogP contribution in [0, 0.1) is 13.8 Å². The second-order valence-electron chi connectivity index (χ2n) is 6.00. The maximum absolute atomic E-state index is 12.5. The van der Waals surface area contributed by atoms with Crippen LogP contribution in [0.5, 0.6) is 11.5 Å². The van der Waals surface area contributed by atoms with Gasteiger partial charge in [-0.05, 0) is 32.9 Å². The van der Waals surface area contributed by atoms with Crippen molar-refractivity contribution in [2.45, 2.75) is 33.4 Å². The van der Waals surface area contributed by atoms with Crippen molar-refractivity contribution < 1.29 is 18.8 Å². The fourth-order valence-electron chi connectivity index (χ4n) is 2.78. The number of para-hydroxylation sites is 2. The van der Waals surface area contributed by atoms with Crippen molar-refractivity contribution in [1.82, 2.24) is 15.4 Å². The van der Waals surface area contributed by atoms with Gasteiger partial charge in [0.05, 0.1) is 12.2 Å². The van der Waals surface area contributed by atoms with Gasteiger partial charge >= 0.3 is 6.03 Å². The van der Waals surface area contributed by atoms with Crippen LogP contribution in [0.15, 0.2) is 28.8 Å². The van der Waals surface area contributed by atoms with Gasteiger partial charge in [-0.15, -0.1) is 0 Å². The normalized spacial score (nSPS) is 15.7. The maximum atomic E-state index is 12.5. The molecule has 7 heteroatoms. The van der Waals surface area contributed by atoms with Crippen molar-refractivity contribution in [3.8, 4) is 11.5 Å². The molecule has 0 saturated carbocycles. The standard InChI is InChI=1S/C18H23N3O4/c1-4-21(18(22)19-9-15-12(2)20-25-13(15)3)10-14-11-23-16-7-5-6-8-17(16)24-14/h5-8,14H,4,9-11H2,1-3H3,(H,19,22). The molecule has 134 valence electrons. The molecule has 7 nitrogen and oxygen atoms in total. The number of carbonyl (C=O) groups is 1. The van der Waals surface area contributed by atoms with Crippen LogP contribution in [0.3, 0.4) is 0 Å². The molecular weight excluding hydrogens is 322 g/mol. The molecule has 0 bridgehead atoms. The number of fused-ring (bicyclic) bond motifs is 1. The van der Waals surface area contributed by atoms with E-state index in [0.717, 1.165) is 22.8 Å². The Labute approximate surface area is 146 Å². The third kappa shape index (κ3) is 3.87. The van der Waals surface area contributed by atoms with E-state index in [4.69, 9.17) is 14.0 Å². The van der Waals surface area contributed by atoms with Gasteiger partial charge in [0.2, 0.25) is 0 Å². The lowest BCUT2D eigenvalue weighted by molar-refractivity contribution is 0.0675. The van der Waals surface area contributed by atoms with Crippen LogP contribution in [0.4, 0.5) is 4.79 Å². The highest BCUT2D eigenvalue weighted by atomic mass is 16.6. The average molecular weight is 345 g/mol. The molecule has 1 aliphatic rings. The summed E-state index contributed by atoms with van der Waals surface area (Å²) in [7, 11) is 0. The molecule has 0 fully saturated rings. The Bertz CT molecular complexity index is 724. The van der Waals surface area contributed by atoms with Gasteiger partial charge < -0.3 is 24.2 Å². The number of likely N-dealkylation sites (N-methyl/N-ethyl adjacent to an activating group) is 1. The minimum Gasteiger partial charge on any atom is -0.486 e. The molecule has 0 aliphatic carbocycles. The van der Waals surface area contributed by atoms with E-state index in [9.17, 15) is 4.79 Å². The van der Waals surface area contributed by atoms with Crippen LogP contribution in [-0.4, -0.2) is 41.9 Å². The third-order valence-electron chi connectivity index (χ3n) is 4.26. The molecule has 1 aliphatic heterocycles. The van der Waals surface area contributed by atoms with Crippen LogP contribution in [0.1, 0.15) is 23.9 Å². The zero-order valence-corrected chi connectivity index (χ0v) is 14.7. The van der Waals surface area contributed by atoms with Gasteiger partial charge in [0.1, 0.15) is 12.4 Å². The summed E-state index contributed by atoms with van der Waals surface area (Å²) < 4.78 is 16.8. The van der Waals surface area contributed by atoms with Gasteiger partial charge in [0.15, 0.2) is 17.6 Å². The zero-order chi connectivity index (χ0) is 17.8. The Morgan fingerprint density at radius 3 is 2.76 bits per heavy atom. The fourth-order valence-corrected chi connectivity index (χ4v) is 2.78. The van der Waals surface area contributed by atoms with Gasteiger partial charge in [-0.2, -0.15) is 0 Å². The molecule has 1 atom stereocenters. The molecule has 0 radical (unpaired) electrons. The van der Waals surface area contributed by atoms with Crippen molar-refractivity contribution in [2.24, 2.45) is 0 Å². The molecule has 1 aromatic carbocycles. The first-order chi connectivity index (χ1) is 12.1. The van der Waals surface area contributed by atoms with Gasteiger partial charge in [-0.3, -0.25) is 0 Å². The average Bonchev–Trinajstić information content (AvgIpc) is 2.95. The summed E-state index contributed by atoms with van der Waals surface area (Å²) in [6.45, 7) is 7.48. The summed E-state index contributed by atoms with van der Waals surface area (Å²) in [6, 6.07) is 7.40. The van der Waals surface area contributed by atoms with Crippen LogP contribution in [0.2, 0.25) is 0 Å². The fraction of sp³-hybridized carbons (Fsp3) is 0.444. The van der Waals surface area contributed by atoms with Gasteiger partial charge in [-0.1, -0.05) is 17.3 Å². The second-order valence-corrected chi connectivity index (χ2v) is 6.00. The van der Waals surface area contributed by atoms with Gasteiger partial charge in [0.25, 0.3) is 0 Å². The number of nitrogens with one attached hydrogen (secondary N) is 1. The minimum absolute atomic E-state index is 0.148.